The topological polar surface area (TPSA) is 46.5 Å². The van der Waals surface area contributed by atoms with E-state index in [0.29, 0.717) is 6.04 Å². The van der Waals surface area contributed by atoms with Crippen molar-refractivity contribution >= 4 is 44.4 Å². The van der Waals surface area contributed by atoms with Gasteiger partial charge in [-0.2, -0.15) is 0 Å². The smallest absolute Gasteiger partial charge is 0.0669 e. The molecule has 0 unspecified atom stereocenters. The number of hydrogen-bond donors (Lipinski definition) is 1. The maximum absolute atomic E-state index is 4.11. The van der Waals surface area contributed by atoms with Crippen LogP contribution in [0.15, 0.2) is 61.4 Å². The molecule has 4 aromatic rings. The van der Waals surface area contributed by atoms with Gasteiger partial charge in [-0.15, -0.1) is 0 Å². The number of alkyl halides is 1. The molecule has 0 amide bonds. The van der Waals surface area contributed by atoms with Gasteiger partial charge in [-0.1, -0.05) is 36.4 Å². The van der Waals surface area contributed by atoms with Crippen LogP contribution in [0.5, 0.6) is 0 Å². The molecule has 0 aliphatic carbocycles. The third-order valence-corrected chi connectivity index (χ3v) is 3.44. The average molecular weight is 448 g/mol. The van der Waals surface area contributed by atoms with Crippen LogP contribution in [-0.4, -0.2) is 23.4 Å². The first kappa shape index (κ1) is 19.4. The number of aromatic nitrogens is 4. The number of H-pyrrole nitrogens is 1. The lowest BCUT2D eigenvalue weighted by Gasteiger charge is -2.07. The zero-order chi connectivity index (χ0) is 18.2. The van der Waals surface area contributed by atoms with Crippen molar-refractivity contribution in [3.8, 4) is 0 Å². The molecule has 132 valence electrons. The second-order valence-electron chi connectivity index (χ2n) is 6.21. The highest BCUT2D eigenvalue weighted by Crippen LogP contribution is 2.17. The molecule has 0 fully saturated rings. The quantitative estimate of drug-likeness (QED) is 0.286. The molecule has 0 aromatic carbocycles. The molecular weight excluding hydrogens is 423 g/mol. The van der Waals surface area contributed by atoms with E-state index in [2.05, 4.69) is 82.1 Å². The molecule has 4 nitrogen and oxygen atoms in total. The molecule has 0 aliphatic rings. The lowest BCUT2D eigenvalue weighted by Crippen LogP contribution is -1.97. The van der Waals surface area contributed by atoms with Crippen LogP contribution >= 0.6 is 22.6 Å². The zero-order valence-corrected chi connectivity index (χ0v) is 17.3. The summed E-state index contributed by atoms with van der Waals surface area (Å²) in [5.74, 6) is 0. The van der Waals surface area contributed by atoms with Crippen molar-refractivity contribution in [3.05, 3.63) is 61.4 Å². The van der Waals surface area contributed by atoms with Crippen molar-refractivity contribution in [3.63, 3.8) is 0 Å². The van der Waals surface area contributed by atoms with E-state index in [-0.39, 0.29) is 0 Å². The molecule has 0 saturated heterocycles. The number of pyridine rings is 2. The first-order chi connectivity index (χ1) is 12.0. The maximum Gasteiger partial charge on any atom is 0.0669 e. The Morgan fingerprint density at radius 2 is 1.56 bits per heavy atom. The van der Waals surface area contributed by atoms with Gasteiger partial charge in [-0.05, 0) is 38.1 Å². The fraction of sp³-hybridized carbons (Fsp3) is 0.300. The first-order valence-electron chi connectivity index (χ1n) is 8.40. The van der Waals surface area contributed by atoms with Gasteiger partial charge in [0.1, 0.15) is 0 Å². The molecule has 25 heavy (non-hydrogen) atoms. The molecule has 0 aliphatic heterocycles. The Morgan fingerprint density at radius 3 is 2.20 bits per heavy atom. The molecule has 4 rings (SSSR count). The highest BCUT2D eigenvalue weighted by molar-refractivity contribution is 14.1. The average Bonchev–Trinajstić information content (AvgIpc) is 3.21. The number of hydrogen-bond acceptors (Lipinski definition) is 2. The molecular formula is C20H25IN4. The molecule has 4 heterocycles. The predicted octanol–water partition coefficient (Wildman–Crippen LogP) is 6.01. The Morgan fingerprint density at radius 1 is 0.920 bits per heavy atom. The SMILES string of the molecule is CC(C)I.CC(C)n1ccc2ccncc21.c1cc2cc[nH]c2cn1. The van der Waals surface area contributed by atoms with Crippen LogP contribution in [0.1, 0.15) is 33.7 Å². The first-order valence-corrected chi connectivity index (χ1v) is 9.65. The summed E-state index contributed by atoms with van der Waals surface area (Å²) in [4.78, 5) is 11.1. The third kappa shape index (κ3) is 5.85. The van der Waals surface area contributed by atoms with Crippen LogP contribution in [0.4, 0.5) is 0 Å². The Kier molecular flexibility index (Phi) is 7.43. The van der Waals surface area contributed by atoms with Crippen molar-refractivity contribution in [2.75, 3.05) is 0 Å². The van der Waals surface area contributed by atoms with E-state index in [0.717, 1.165) is 9.44 Å². The van der Waals surface area contributed by atoms with Gasteiger partial charge >= 0.3 is 0 Å². The Labute approximate surface area is 162 Å². The lowest BCUT2D eigenvalue weighted by atomic mass is 10.3. The predicted molar refractivity (Wildman–Crippen MR) is 115 cm³/mol. The molecule has 5 heteroatoms. The third-order valence-electron chi connectivity index (χ3n) is 3.44. The van der Waals surface area contributed by atoms with Crippen molar-refractivity contribution in [2.45, 2.75) is 37.7 Å². The van der Waals surface area contributed by atoms with Gasteiger partial charge in [0.2, 0.25) is 0 Å². The summed E-state index contributed by atoms with van der Waals surface area (Å²) >= 11 is 2.34. The summed E-state index contributed by atoms with van der Waals surface area (Å²) in [6.07, 6.45) is 11.4. The van der Waals surface area contributed by atoms with E-state index in [1.54, 1.807) is 6.20 Å². The number of halogens is 1. The number of nitrogens with one attached hydrogen (secondary N) is 1. The molecule has 1 N–H and O–H groups in total. The summed E-state index contributed by atoms with van der Waals surface area (Å²) in [5.41, 5.74) is 2.31. The number of fused-ring (bicyclic) bond motifs is 2. The summed E-state index contributed by atoms with van der Waals surface area (Å²) in [7, 11) is 0. The van der Waals surface area contributed by atoms with E-state index in [1.165, 1.54) is 16.3 Å². The molecule has 0 radical (unpaired) electrons. The summed E-state index contributed by atoms with van der Waals surface area (Å²) in [6.45, 7) is 8.65. The number of rotatable bonds is 1. The van der Waals surface area contributed by atoms with E-state index >= 15 is 0 Å². The monoisotopic (exact) mass is 448 g/mol. The Hall–Kier alpha value is -1.89. The highest BCUT2D eigenvalue weighted by atomic mass is 127. The van der Waals surface area contributed by atoms with Crippen LogP contribution in [0.25, 0.3) is 21.8 Å². The standard InChI is InChI=1S/C10H12N2.C7H6N2.C3H7I/c1-8(2)12-6-4-9-3-5-11-7-10(9)12;1-3-8-5-7-6(1)2-4-9-7;1-3(2)4/h3-8H,1-2H3;1-5,9H;3H,1-2H3. The number of aromatic amines is 1. The Bertz CT molecular complexity index is 860. The molecule has 0 saturated carbocycles. The molecule has 4 aromatic heterocycles. The highest BCUT2D eigenvalue weighted by Gasteiger charge is 2.02. The van der Waals surface area contributed by atoms with Crippen molar-refractivity contribution in [2.24, 2.45) is 0 Å². The minimum Gasteiger partial charge on any atom is -0.360 e. The number of nitrogens with zero attached hydrogens (tertiary/aromatic N) is 3. The van der Waals surface area contributed by atoms with Crippen molar-refractivity contribution < 1.29 is 0 Å². The fourth-order valence-electron chi connectivity index (χ4n) is 2.34. The van der Waals surface area contributed by atoms with Gasteiger partial charge in [0.25, 0.3) is 0 Å². The van der Waals surface area contributed by atoms with Gasteiger partial charge < -0.3 is 9.55 Å². The minimum atomic E-state index is 0.506. The summed E-state index contributed by atoms with van der Waals surface area (Å²) in [6, 6.07) is 8.67. The largest absolute Gasteiger partial charge is 0.360 e. The van der Waals surface area contributed by atoms with Crippen LogP contribution in [0.3, 0.4) is 0 Å². The summed E-state index contributed by atoms with van der Waals surface area (Å²) < 4.78 is 3.03. The molecule has 0 atom stereocenters. The second-order valence-corrected chi connectivity index (χ2v) is 8.70. The van der Waals surface area contributed by atoms with Crippen LogP contribution in [0.2, 0.25) is 0 Å². The van der Waals surface area contributed by atoms with Crippen LogP contribution in [0, 0.1) is 0 Å². The lowest BCUT2D eigenvalue weighted by molar-refractivity contribution is 0.622. The van der Waals surface area contributed by atoms with E-state index in [4.69, 9.17) is 0 Å². The maximum atomic E-state index is 4.11. The van der Waals surface area contributed by atoms with Gasteiger partial charge in [-0.25, -0.2) is 0 Å². The van der Waals surface area contributed by atoms with Crippen LogP contribution in [-0.2, 0) is 0 Å². The minimum absolute atomic E-state index is 0.506. The molecule has 0 bridgehead atoms. The van der Waals surface area contributed by atoms with Crippen molar-refractivity contribution in [1.29, 1.82) is 0 Å². The van der Waals surface area contributed by atoms with Gasteiger partial charge in [0.05, 0.1) is 23.4 Å². The van der Waals surface area contributed by atoms with Crippen LogP contribution < -0.4 is 0 Å². The summed E-state index contributed by atoms with van der Waals surface area (Å²) in [5, 5.41) is 2.48. The van der Waals surface area contributed by atoms with Gasteiger partial charge in [-0.3, -0.25) is 9.97 Å². The zero-order valence-electron chi connectivity index (χ0n) is 15.1. The second kappa shape index (κ2) is 9.56. The van der Waals surface area contributed by atoms with E-state index in [1.807, 2.05) is 43.0 Å². The fourth-order valence-corrected chi connectivity index (χ4v) is 2.34. The normalized spacial score (nSPS) is 10.5. The van der Waals surface area contributed by atoms with Crippen molar-refractivity contribution in [1.82, 2.24) is 19.5 Å². The van der Waals surface area contributed by atoms with E-state index in [9.17, 15) is 0 Å². The van der Waals surface area contributed by atoms with Gasteiger partial charge in [0.15, 0.2) is 0 Å². The molecule has 0 spiro atoms. The van der Waals surface area contributed by atoms with E-state index < -0.39 is 0 Å². The van der Waals surface area contributed by atoms with Gasteiger partial charge in [0, 0.05) is 45.5 Å². The Balaban J connectivity index is 0.000000153.